The summed E-state index contributed by atoms with van der Waals surface area (Å²) in [4.78, 5) is 20.7. The first-order chi connectivity index (χ1) is 11.7. The van der Waals surface area contributed by atoms with E-state index in [1.54, 1.807) is 36.4 Å². The maximum atomic E-state index is 12.4. The Morgan fingerprint density at radius 2 is 1.79 bits per heavy atom. The van der Waals surface area contributed by atoms with Crippen LogP contribution >= 0.6 is 0 Å². The summed E-state index contributed by atoms with van der Waals surface area (Å²) in [6.45, 7) is 0. The van der Waals surface area contributed by atoms with Gasteiger partial charge in [-0.25, -0.2) is 9.97 Å². The standard InChI is InChI=1S/C18H13N5O/c19-10-12-6-8-13(9-7-12)15-11-21-17(20)16(23-15)18(24)22-14-4-2-1-3-5-14/h1-9,11H,(H2,20,21)(H,22,24). The van der Waals surface area contributed by atoms with Gasteiger partial charge >= 0.3 is 0 Å². The largest absolute Gasteiger partial charge is 0.382 e. The normalized spacial score (nSPS) is 9.96. The number of nitriles is 1. The molecule has 0 saturated carbocycles. The molecule has 1 aromatic heterocycles. The average Bonchev–Trinajstić information content (AvgIpc) is 2.63. The van der Waals surface area contributed by atoms with Crippen molar-refractivity contribution in [1.29, 1.82) is 5.26 Å². The van der Waals surface area contributed by atoms with Crippen molar-refractivity contribution in [2.75, 3.05) is 11.1 Å². The zero-order valence-electron chi connectivity index (χ0n) is 12.6. The van der Waals surface area contributed by atoms with E-state index in [0.717, 1.165) is 5.56 Å². The molecular formula is C18H13N5O. The Morgan fingerprint density at radius 3 is 2.46 bits per heavy atom. The molecule has 3 N–H and O–H groups in total. The molecule has 0 aliphatic heterocycles. The minimum atomic E-state index is -0.429. The van der Waals surface area contributed by atoms with Crippen LogP contribution in [0, 0.1) is 11.3 Å². The molecule has 0 aliphatic rings. The lowest BCUT2D eigenvalue weighted by Gasteiger charge is -2.08. The molecule has 0 fully saturated rings. The maximum Gasteiger partial charge on any atom is 0.278 e. The van der Waals surface area contributed by atoms with Crippen LogP contribution in [0.1, 0.15) is 16.1 Å². The van der Waals surface area contributed by atoms with Crippen LogP contribution in [-0.4, -0.2) is 15.9 Å². The van der Waals surface area contributed by atoms with Crippen LogP contribution in [0.15, 0.2) is 60.8 Å². The lowest BCUT2D eigenvalue weighted by molar-refractivity contribution is 0.102. The molecule has 0 bridgehead atoms. The van der Waals surface area contributed by atoms with Crippen LogP contribution in [-0.2, 0) is 0 Å². The third-order valence-corrected chi connectivity index (χ3v) is 3.36. The van der Waals surface area contributed by atoms with Crippen LogP contribution < -0.4 is 11.1 Å². The SMILES string of the molecule is N#Cc1ccc(-c2cnc(N)c(C(=O)Nc3ccccc3)n2)cc1. The van der Waals surface area contributed by atoms with E-state index in [0.29, 0.717) is 16.9 Å². The zero-order chi connectivity index (χ0) is 16.9. The van der Waals surface area contributed by atoms with E-state index in [1.807, 2.05) is 18.2 Å². The molecule has 1 amide bonds. The molecule has 2 aromatic carbocycles. The van der Waals surface area contributed by atoms with Gasteiger partial charge in [0.05, 0.1) is 23.5 Å². The number of nitrogens with one attached hydrogen (secondary N) is 1. The summed E-state index contributed by atoms with van der Waals surface area (Å²) >= 11 is 0. The molecule has 24 heavy (non-hydrogen) atoms. The molecule has 3 rings (SSSR count). The Balaban J connectivity index is 1.91. The fraction of sp³-hybridized carbons (Fsp3) is 0. The molecule has 6 nitrogen and oxygen atoms in total. The van der Waals surface area contributed by atoms with Crippen LogP contribution in [0.3, 0.4) is 0 Å². The van der Waals surface area contributed by atoms with Crippen molar-refractivity contribution in [3.63, 3.8) is 0 Å². The van der Waals surface area contributed by atoms with Crippen molar-refractivity contribution in [2.45, 2.75) is 0 Å². The monoisotopic (exact) mass is 315 g/mol. The molecule has 3 aromatic rings. The predicted octanol–water partition coefficient (Wildman–Crippen LogP) is 2.85. The van der Waals surface area contributed by atoms with Crippen molar-refractivity contribution in [3.8, 4) is 17.3 Å². The number of carbonyl (C=O) groups is 1. The number of amides is 1. The second-order valence-electron chi connectivity index (χ2n) is 5.00. The van der Waals surface area contributed by atoms with Crippen molar-refractivity contribution < 1.29 is 4.79 Å². The number of nitrogens with two attached hydrogens (primary N) is 1. The Labute approximate surface area is 138 Å². The van der Waals surface area contributed by atoms with E-state index in [1.165, 1.54) is 6.20 Å². The molecule has 0 radical (unpaired) electrons. The lowest BCUT2D eigenvalue weighted by Crippen LogP contribution is -2.17. The molecular weight excluding hydrogens is 302 g/mol. The van der Waals surface area contributed by atoms with Crippen LogP contribution in [0.25, 0.3) is 11.3 Å². The highest BCUT2D eigenvalue weighted by Crippen LogP contribution is 2.19. The van der Waals surface area contributed by atoms with Crippen molar-refractivity contribution in [3.05, 3.63) is 72.1 Å². The third kappa shape index (κ3) is 3.20. The van der Waals surface area contributed by atoms with Gasteiger partial charge in [0.2, 0.25) is 0 Å². The highest BCUT2D eigenvalue weighted by molar-refractivity contribution is 6.05. The minimum Gasteiger partial charge on any atom is -0.382 e. The molecule has 0 spiro atoms. The fourth-order valence-corrected chi connectivity index (χ4v) is 2.13. The Bertz CT molecular complexity index is 914. The second-order valence-corrected chi connectivity index (χ2v) is 5.00. The van der Waals surface area contributed by atoms with Gasteiger partial charge in [-0.1, -0.05) is 30.3 Å². The van der Waals surface area contributed by atoms with Gasteiger partial charge in [-0.2, -0.15) is 5.26 Å². The van der Waals surface area contributed by atoms with Crippen LogP contribution in [0.2, 0.25) is 0 Å². The first kappa shape index (κ1) is 15.2. The lowest BCUT2D eigenvalue weighted by atomic mass is 10.1. The number of aromatic nitrogens is 2. The van der Waals surface area contributed by atoms with Crippen molar-refractivity contribution in [1.82, 2.24) is 9.97 Å². The third-order valence-electron chi connectivity index (χ3n) is 3.36. The maximum absolute atomic E-state index is 12.4. The minimum absolute atomic E-state index is 0.0562. The number of carbonyl (C=O) groups excluding carboxylic acids is 1. The van der Waals surface area contributed by atoms with E-state index in [-0.39, 0.29) is 11.5 Å². The highest BCUT2D eigenvalue weighted by Gasteiger charge is 2.15. The predicted molar refractivity (Wildman–Crippen MR) is 91.0 cm³/mol. The van der Waals surface area contributed by atoms with Gasteiger partial charge in [-0.3, -0.25) is 4.79 Å². The van der Waals surface area contributed by atoms with Crippen LogP contribution in [0.5, 0.6) is 0 Å². The summed E-state index contributed by atoms with van der Waals surface area (Å²) in [5, 5.41) is 11.6. The number of hydrogen-bond donors (Lipinski definition) is 2. The van der Waals surface area contributed by atoms with E-state index in [4.69, 9.17) is 11.0 Å². The van der Waals surface area contributed by atoms with Crippen molar-refractivity contribution in [2.24, 2.45) is 0 Å². The van der Waals surface area contributed by atoms with E-state index < -0.39 is 5.91 Å². The number of benzene rings is 2. The Kier molecular flexibility index (Phi) is 4.17. The topological polar surface area (TPSA) is 105 Å². The zero-order valence-corrected chi connectivity index (χ0v) is 12.6. The number of anilines is 2. The summed E-state index contributed by atoms with van der Waals surface area (Å²) in [7, 11) is 0. The number of rotatable bonds is 3. The molecule has 0 aliphatic carbocycles. The van der Waals surface area contributed by atoms with Crippen molar-refractivity contribution >= 4 is 17.4 Å². The summed E-state index contributed by atoms with van der Waals surface area (Å²) in [6.07, 6.45) is 1.50. The fourth-order valence-electron chi connectivity index (χ4n) is 2.13. The van der Waals surface area contributed by atoms with Gasteiger partial charge < -0.3 is 11.1 Å². The van der Waals surface area contributed by atoms with Gasteiger partial charge in [0.1, 0.15) is 0 Å². The van der Waals surface area contributed by atoms with Gasteiger partial charge in [0.25, 0.3) is 5.91 Å². The molecule has 0 saturated heterocycles. The van der Waals surface area contributed by atoms with E-state index in [9.17, 15) is 4.79 Å². The molecule has 0 atom stereocenters. The summed E-state index contributed by atoms with van der Waals surface area (Å²) in [5.74, 6) is -0.373. The molecule has 6 heteroatoms. The number of nitrogens with zero attached hydrogens (tertiary/aromatic N) is 3. The summed E-state index contributed by atoms with van der Waals surface area (Å²) < 4.78 is 0. The van der Waals surface area contributed by atoms with Crippen LogP contribution in [0.4, 0.5) is 11.5 Å². The summed E-state index contributed by atoms with van der Waals surface area (Å²) in [5.41, 5.74) is 8.29. The van der Waals surface area contributed by atoms with Gasteiger partial charge in [-0.15, -0.1) is 0 Å². The molecule has 0 unspecified atom stereocenters. The Morgan fingerprint density at radius 1 is 1.08 bits per heavy atom. The number of nitrogen functional groups attached to an aromatic ring is 1. The van der Waals surface area contributed by atoms with Gasteiger partial charge in [-0.05, 0) is 24.3 Å². The van der Waals surface area contributed by atoms with E-state index >= 15 is 0 Å². The van der Waals surface area contributed by atoms with Gasteiger partial charge in [0, 0.05) is 11.3 Å². The molecule has 1 heterocycles. The smallest absolute Gasteiger partial charge is 0.278 e. The first-order valence-electron chi connectivity index (χ1n) is 7.17. The first-order valence-corrected chi connectivity index (χ1v) is 7.17. The van der Waals surface area contributed by atoms with Gasteiger partial charge in [0.15, 0.2) is 11.5 Å². The number of hydrogen-bond acceptors (Lipinski definition) is 5. The Hall–Kier alpha value is -3.72. The number of para-hydroxylation sites is 1. The quantitative estimate of drug-likeness (QED) is 0.773. The van der Waals surface area contributed by atoms with E-state index in [2.05, 4.69) is 21.4 Å². The second kappa shape index (κ2) is 6.58. The molecule has 116 valence electrons. The highest BCUT2D eigenvalue weighted by atomic mass is 16.1. The summed E-state index contributed by atoms with van der Waals surface area (Å²) in [6, 6.07) is 17.9. The average molecular weight is 315 g/mol.